The minimum atomic E-state index is 0.120. The minimum Gasteiger partial charge on any atom is -0.459 e. The number of aryl methyl sites for hydroxylation is 1. The number of hydrogen-bond acceptors (Lipinski definition) is 2. The molecular formula is C17H15BrINO. The first-order valence-corrected chi connectivity index (χ1v) is 8.62. The molecule has 1 unspecified atom stereocenters. The predicted octanol–water partition coefficient (Wildman–Crippen LogP) is 6.28. The summed E-state index contributed by atoms with van der Waals surface area (Å²) in [4.78, 5) is 0. The third-order valence-corrected chi connectivity index (χ3v) is 4.65. The van der Waals surface area contributed by atoms with Gasteiger partial charge in [0.25, 0.3) is 0 Å². The summed E-state index contributed by atoms with van der Waals surface area (Å²) in [6.45, 7) is 4.23. The highest BCUT2D eigenvalue weighted by Crippen LogP contribution is 2.29. The second-order valence-electron chi connectivity index (χ2n) is 5.16. The van der Waals surface area contributed by atoms with Gasteiger partial charge in [0.15, 0.2) is 0 Å². The molecule has 0 radical (unpaired) electrons. The van der Waals surface area contributed by atoms with Crippen LogP contribution >= 0.6 is 38.5 Å². The van der Waals surface area contributed by atoms with E-state index in [-0.39, 0.29) is 6.04 Å². The second-order valence-corrected chi connectivity index (χ2v) is 7.32. The van der Waals surface area contributed by atoms with Gasteiger partial charge in [-0.2, -0.15) is 0 Å². The van der Waals surface area contributed by atoms with Crippen LogP contribution in [0.15, 0.2) is 51.4 Å². The standard InChI is InChI=1S/C17H15BrINO/c1-10-7-14(19)4-5-15(10)20-11(2)17-9-12-8-13(18)3-6-16(12)21-17/h3-9,11,20H,1-2H3. The van der Waals surface area contributed by atoms with Gasteiger partial charge in [-0.15, -0.1) is 0 Å². The Kier molecular flexibility index (Phi) is 4.26. The van der Waals surface area contributed by atoms with Crippen molar-refractivity contribution in [2.24, 2.45) is 0 Å². The van der Waals surface area contributed by atoms with Crippen molar-refractivity contribution < 1.29 is 4.42 Å². The first-order chi connectivity index (χ1) is 10.0. The Hall–Kier alpha value is -1.01. The summed E-state index contributed by atoms with van der Waals surface area (Å²) < 4.78 is 8.25. The van der Waals surface area contributed by atoms with Crippen LogP contribution in [-0.2, 0) is 0 Å². The molecule has 2 nitrogen and oxygen atoms in total. The third kappa shape index (κ3) is 3.26. The monoisotopic (exact) mass is 455 g/mol. The van der Waals surface area contributed by atoms with Crippen LogP contribution in [0.25, 0.3) is 11.0 Å². The van der Waals surface area contributed by atoms with Gasteiger partial charge in [-0.3, -0.25) is 0 Å². The van der Waals surface area contributed by atoms with E-state index >= 15 is 0 Å². The van der Waals surface area contributed by atoms with E-state index in [0.717, 1.165) is 26.9 Å². The topological polar surface area (TPSA) is 25.2 Å². The largest absolute Gasteiger partial charge is 0.459 e. The van der Waals surface area contributed by atoms with E-state index in [9.17, 15) is 0 Å². The summed E-state index contributed by atoms with van der Waals surface area (Å²) in [5.74, 6) is 0.945. The maximum atomic E-state index is 5.94. The van der Waals surface area contributed by atoms with E-state index in [1.165, 1.54) is 9.13 Å². The minimum absolute atomic E-state index is 0.120. The SMILES string of the molecule is Cc1cc(I)ccc1NC(C)c1cc2cc(Br)ccc2o1. The molecule has 0 spiro atoms. The molecule has 0 saturated heterocycles. The maximum Gasteiger partial charge on any atom is 0.134 e. The number of nitrogens with one attached hydrogen (secondary N) is 1. The van der Waals surface area contributed by atoms with Gasteiger partial charge in [0.1, 0.15) is 11.3 Å². The summed E-state index contributed by atoms with van der Waals surface area (Å²) in [7, 11) is 0. The van der Waals surface area contributed by atoms with Crippen LogP contribution in [0.4, 0.5) is 5.69 Å². The Morgan fingerprint density at radius 1 is 1.14 bits per heavy atom. The molecule has 21 heavy (non-hydrogen) atoms. The van der Waals surface area contributed by atoms with Gasteiger partial charge in [-0.1, -0.05) is 15.9 Å². The van der Waals surface area contributed by atoms with Gasteiger partial charge >= 0.3 is 0 Å². The lowest BCUT2D eigenvalue weighted by atomic mass is 10.1. The Morgan fingerprint density at radius 3 is 2.71 bits per heavy atom. The zero-order valence-corrected chi connectivity index (χ0v) is 15.5. The summed E-state index contributed by atoms with van der Waals surface area (Å²) in [5.41, 5.74) is 3.30. The number of furan rings is 1. The fourth-order valence-corrected chi connectivity index (χ4v) is 3.37. The number of benzene rings is 2. The molecule has 1 atom stereocenters. The quantitative estimate of drug-likeness (QED) is 0.470. The predicted molar refractivity (Wildman–Crippen MR) is 99.8 cm³/mol. The number of rotatable bonds is 3. The molecule has 1 heterocycles. The van der Waals surface area contributed by atoms with Crippen molar-refractivity contribution in [3.8, 4) is 0 Å². The zero-order chi connectivity index (χ0) is 15.0. The van der Waals surface area contributed by atoms with E-state index in [1.807, 2.05) is 12.1 Å². The molecule has 1 aromatic heterocycles. The lowest BCUT2D eigenvalue weighted by Gasteiger charge is -2.15. The lowest BCUT2D eigenvalue weighted by Crippen LogP contribution is -2.06. The molecule has 4 heteroatoms. The van der Waals surface area contributed by atoms with E-state index in [2.05, 4.69) is 88.0 Å². The van der Waals surface area contributed by atoms with Crippen molar-refractivity contribution in [2.75, 3.05) is 5.32 Å². The van der Waals surface area contributed by atoms with Crippen molar-refractivity contribution in [2.45, 2.75) is 19.9 Å². The Labute approximate surface area is 146 Å². The van der Waals surface area contributed by atoms with Crippen LogP contribution in [0.1, 0.15) is 24.3 Å². The third-order valence-electron chi connectivity index (χ3n) is 3.48. The fraction of sp³-hybridized carbons (Fsp3) is 0.176. The highest BCUT2D eigenvalue weighted by atomic mass is 127. The molecule has 0 fully saturated rings. The van der Waals surface area contributed by atoms with Crippen molar-refractivity contribution in [3.63, 3.8) is 0 Å². The van der Waals surface area contributed by atoms with Gasteiger partial charge in [0, 0.05) is 19.1 Å². The molecule has 108 valence electrons. The first kappa shape index (κ1) is 14.9. The molecule has 1 N–H and O–H groups in total. The zero-order valence-electron chi connectivity index (χ0n) is 11.8. The van der Waals surface area contributed by atoms with E-state index in [1.54, 1.807) is 0 Å². The van der Waals surface area contributed by atoms with Crippen molar-refractivity contribution in [1.29, 1.82) is 0 Å². The molecular weight excluding hydrogens is 441 g/mol. The highest BCUT2D eigenvalue weighted by molar-refractivity contribution is 14.1. The van der Waals surface area contributed by atoms with Gasteiger partial charge in [0.2, 0.25) is 0 Å². The Balaban J connectivity index is 1.87. The summed E-state index contributed by atoms with van der Waals surface area (Å²) in [6.07, 6.45) is 0. The highest BCUT2D eigenvalue weighted by Gasteiger charge is 2.12. The molecule has 3 rings (SSSR count). The van der Waals surface area contributed by atoms with Crippen LogP contribution in [0, 0.1) is 10.5 Å². The number of halogens is 2. The number of anilines is 1. The molecule has 3 aromatic rings. The van der Waals surface area contributed by atoms with Crippen LogP contribution in [0.5, 0.6) is 0 Å². The fourth-order valence-electron chi connectivity index (χ4n) is 2.34. The average Bonchev–Trinajstić information content (AvgIpc) is 2.85. The number of hydrogen-bond donors (Lipinski definition) is 1. The molecule has 0 amide bonds. The van der Waals surface area contributed by atoms with Gasteiger partial charge in [-0.25, -0.2) is 0 Å². The Bertz CT molecular complexity index is 797. The molecule has 0 aliphatic heterocycles. The summed E-state index contributed by atoms with van der Waals surface area (Å²) in [6, 6.07) is 14.7. The van der Waals surface area contributed by atoms with Crippen molar-refractivity contribution >= 4 is 55.2 Å². The van der Waals surface area contributed by atoms with E-state index in [0.29, 0.717) is 0 Å². The Morgan fingerprint density at radius 2 is 1.95 bits per heavy atom. The molecule has 0 aliphatic rings. The van der Waals surface area contributed by atoms with Gasteiger partial charge in [0.05, 0.1) is 6.04 Å². The molecule has 0 bridgehead atoms. The van der Waals surface area contributed by atoms with E-state index < -0.39 is 0 Å². The smallest absolute Gasteiger partial charge is 0.134 e. The van der Waals surface area contributed by atoms with Crippen molar-refractivity contribution in [1.82, 2.24) is 0 Å². The van der Waals surface area contributed by atoms with Gasteiger partial charge < -0.3 is 9.73 Å². The van der Waals surface area contributed by atoms with Gasteiger partial charge in [-0.05, 0) is 84.5 Å². The summed E-state index contributed by atoms with van der Waals surface area (Å²) in [5, 5.41) is 4.64. The van der Waals surface area contributed by atoms with Crippen LogP contribution in [0.3, 0.4) is 0 Å². The molecule has 2 aromatic carbocycles. The number of fused-ring (bicyclic) bond motifs is 1. The maximum absolute atomic E-state index is 5.94. The average molecular weight is 456 g/mol. The summed E-state index contributed by atoms with van der Waals surface area (Å²) >= 11 is 5.82. The normalized spacial score (nSPS) is 12.6. The van der Waals surface area contributed by atoms with Crippen LogP contribution in [0.2, 0.25) is 0 Å². The first-order valence-electron chi connectivity index (χ1n) is 6.74. The molecule has 0 saturated carbocycles. The van der Waals surface area contributed by atoms with E-state index in [4.69, 9.17) is 4.42 Å². The van der Waals surface area contributed by atoms with Crippen LogP contribution < -0.4 is 5.32 Å². The lowest BCUT2D eigenvalue weighted by molar-refractivity contribution is 0.526. The second kappa shape index (κ2) is 6.01. The molecule has 0 aliphatic carbocycles. The van der Waals surface area contributed by atoms with Crippen LogP contribution in [-0.4, -0.2) is 0 Å². The van der Waals surface area contributed by atoms with Crippen molar-refractivity contribution in [3.05, 3.63) is 61.8 Å².